The predicted octanol–water partition coefficient (Wildman–Crippen LogP) is 0.716. The minimum atomic E-state index is -3.15. The summed E-state index contributed by atoms with van der Waals surface area (Å²) in [6, 6.07) is 0. The molecule has 14 heavy (non-hydrogen) atoms. The molecule has 6 heteroatoms. The second kappa shape index (κ2) is 6.29. The van der Waals surface area contributed by atoms with Crippen molar-refractivity contribution in [2.45, 2.75) is 18.6 Å². The van der Waals surface area contributed by atoms with E-state index < -0.39 is 21.1 Å². The van der Waals surface area contributed by atoms with Gasteiger partial charge in [-0.15, -0.1) is 0 Å². The summed E-state index contributed by atoms with van der Waals surface area (Å²) in [6.45, 7) is 1.53. The van der Waals surface area contributed by atoms with Crippen LogP contribution in [0.4, 0.5) is 0 Å². The average Bonchev–Trinajstić information content (AvgIpc) is 2.14. The Labute approximate surface area is 89.3 Å². The molecule has 0 rings (SSSR count). The number of rotatable bonds is 6. The molecule has 0 amide bonds. The number of methoxy groups -OCH3 is 1. The molecule has 1 unspecified atom stereocenters. The third kappa shape index (κ3) is 4.85. The maximum atomic E-state index is 11.5. The molecule has 0 fully saturated rings. The molecular formula is C8H16O4S2. The normalized spacial score (nSPS) is 13.6. The van der Waals surface area contributed by atoms with Crippen molar-refractivity contribution >= 4 is 27.6 Å². The highest BCUT2D eigenvalue weighted by molar-refractivity contribution is 8.00. The van der Waals surface area contributed by atoms with Crippen LogP contribution in [0.3, 0.4) is 0 Å². The van der Waals surface area contributed by atoms with E-state index in [-0.39, 0.29) is 12.2 Å². The standard InChI is InChI=1S/C8H16O4S2/c1-7(6-8(9)12-2)14(10,11)5-4-13-3/h7H,4-6H2,1-3H3. The number of hydrogen-bond donors (Lipinski definition) is 0. The molecule has 0 bridgehead atoms. The molecule has 0 spiro atoms. The van der Waals surface area contributed by atoms with Gasteiger partial charge in [-0.1, -0.05) is 0 Å². The third-order valence-corrected chi connectivity index (χ3v) is 4.90. The lowest BCUT2D eigenvalue weighted by Crippen LogP contribution is -2.25. The number of hydrogen-bond acceptors (Lipinski definition) is 5. The molecule has 0 aromatic heterocycles. The van der Waals surface area contributed by atoms with Gasteiger partial charge in [0, 0.05) is 5.75 Å². The van der Waals surface area contributed by atoms with Gasteiger partial charge in [-0.2, -0.15) is 11.8 Å². The van der Waals surface area contributed by atoms with Crippen molar-refractivity contribution in [3.05, 3.63) is 0 Å². The monoisotopic (exact) mass is 240 g/mol. The van der Waals surface area contributed by atoms with Gasteiger partial charge in [0.15, 0.2) is 9.84 Å². The van der Waals surface area contributed by atoms with Crippen LogP contribution in [0.2, 0.25) is 0 Å². The SMILES string of the molecule is COC(=O)CC(C)S(=O)(=O)CCSC. The average molecular weight is 240 g/mol. The van der Waals surface area contributed by atoms with Gasteiger partial charge >= 0.3 is 5.97 Å². The highest BCUT2D eigenvalue weighted by Crippen LogP contribution is 2.09. The number of carbonyl (C=O) groups is 1. The summed E-state index contributed by atoms with van der Waals surface area (Å²) in [7, 11) is -1.90. The van der Waals surface area contributed by atoms with E-state index in [0.717, 1.165) is 0 Å². The maximum absolute atomic E-state index is 11.5. The fourth-order valence-electron chi connectivity index (χ4n) is 0.846. The van der Waals surface area contributed by atoms with Crippen LogP contribution in [0.1, 0.15) is 13.3 Å². The number of carbonyl (C=O) groups excluding carboxylic acids is 1. The van der Waals surface area contributed by atoms with E-state index in [9.17, 15) is 13.2 Å². The Bertz CT molecular complexity index is 271. The fraction of sp³-hybridized carbons (Fsp3) is 0.875. The van der Waals surface area contributed by atoms with Crippen molar-refractivity contribution in [3.8, 4) is 0 Å². The first-order valence-corrected chi connectivity index (χ1v) is 7.32. The van der Waals surface area contributed by atoms with Gasteiger partial charge in [0.2, 0.25) is 0 Å². The summed E-state index contributed by atoms with van der Waals surface area (Å²) in [4.78, 5) is 10.9. The summed E-state index contributed by atoms with van der Waals surface area (Å²) in [5, 5.41) is -0.651. The molecule has 0 N–H and O–H groups in total. The van der Waals surface area contributed by atoms with Crippen molar-refractivity contribution in [1.29, 1.82) is 0 Å². The first-order chi connectivity index (χ1) is 6.44. The van der Waals surface area contributed by atoms with E-state index in [1.165, 1.54) is 25.8 Å². The predicted molar refractivity (Wildman–Crippen MR) is 58.3 cm³/mol. The molecule has 0 aromatic rings. The molecule has 4 nitrogen and oxygen atoms in total. The smallest absolute Gasteiger partial charge is 0.306 e. The molecule has 0 aromatic carbocycles. The first kappa shape index (κ1) is 13.8. The zero-order valence-electron chi connectivity index (χ0n) is 8.65. The number of sulfone groups is 1. The molecule has 0 radical (unpaired) electrons. The Hall–Kier alpha value is -0.230. The first-order valence-electron chi connectivity index (χ1n) is 4.21. The molecule has 84 valence electrons. The summed E-state index contributed by atoms with van der Waals surface area (Å²) < 4.78 is 27.5. The van der Waals surface area contributed by atoms with E-state index in [1.54, 1.807) is 0 Å². The lowest BCUT2D eigenvalue weighted by molar-refractivity contribution is -0.140. The third-order valence-electron chi connectivity index (χ3n) is 1.87. The molecule has 0 saturated heterocycles. The van der Waals surface area contributed by atoms with Crippen LogP contribution in [-0.4, -0.2) is 44.5 Å². The van der Waals surface area contributed by atoms with Gasteiger partial charge < -0.3 is 4.74 Å². The van der Waals surface area contributed by atoms with Gasteiger partial charge in [0.05, 0.1) is 24.5 Å². The zero-order chi connectivity index (χ0) is 11.2. The van der Waals surface area contributed by atoms with Crippen molar-refractivity contribution in [2.24, 2.45) is 0 Å². The van der Waals surface area contributed by atoms with Crippen LogP contribution in [0.5, 0.6) is 0 Å². The van der Waals surface area contributed by atoms with E-state index in [0.29, 0.717) is 5.75 Å². The van der Waals surface area contributed by atoms with Crippen molar-refractivity contribution < 1.29 is 17.9 Å². The van der Waals surface area contributed by atoms with E-state index in [2.05, 4.69) is 4.74 Å². The lowest BCUT2D eigenvalue weighted by Gasteiger charge is -2.10. The summed E-state index contributed by atoms with van der Waals surface area (Å²) in [5.74, 6) is 0.199. The van der Waals surface area contributed by atoms with Gasteiger partial charge in [0.1, 0.15) is 0 Å². The quantitative estimate of drug-likeness (QED) is 0.640. The van der Waals surface area contributed by atoms with E-state index in [4.69, 9.17) is 0 Å². The fourth-order valence-corrected chi connectivity index (χ4v) is 3.23. The minimum Gasteiger partial charge on any atom is -0.469 e. The Morgan fingerprint density at radius 3 is 2.50 bits per heavy atom. The molecule has 0 saturated carbocycles. The Kier molecular flexibility index (Phi) is 6.19. The van der Waals surface area contributed by atoms with Crippen LogP contribution in [-0.2, 0) is 19.4 Å². The maximum Gasteiger partial charge on any atom is 0.306 e. The van der Waals surface area contributed by atoms with E-state index in [1.807, 2.05) is 6.26 Å². The van der Waals surface area contributed by atoms with Crippen LogP contribution in [0, 0.1) is 0 Å². The largest absolute Gasteiger partial charge is 0.469 e. The molecule has 1 atom stereocenters. The number of thioether (sulfide) groups is 1. The molecule has 0 heterocycles. The highest BCUT2D eigenvalue weighted by Gasteiger charge is 2.23. The zero-order valence-corrected chi connectivity index (χ0v) is 10.3. The van der Waals surface area contributed by atoms with Gasteiger partial charge in [-0.25, -0.2) is 8.42 Å². The van der Waals surface area contributed by atoms with Gasteiger partial charge in [-0.05, 0) is 13.2 Å². The molecule has 0 aliphatic rings. The second-order valence-corrected chi connectivity index (χ2v) is 6.47. The van der Waals surface area contributed by atoms with Crippen LogP contribution >= 0.6 is 11.8 Å². The summed E-state index contributed by atoms with van der Waals surface area (Å²) in [5.41, 5.74) is 0. The number of esters is 1. The molecular weight excluding hydrogens is 224 g/mol. The van der Waals surface area contributed by atoms with Crippen LogP contribution in [0.25, 0.3) is 0 Å². The van der Waals surface area contributed by atoms with E-state index >= 15 is 0 Å². The highest BCUT2D eigenvalue weighted by atomic mass is 32.2. The Balaban J connectivity index is 4.21. The summed E-state index contributed by atoms with van der Waals surface area (Å²) in [6.07, 6.45) is 1.79. The second-order valence-electron chi connectivity index (χ2n) is 2.95. The van der Waals surface area contributed by atoms with Crippen molar-refractivity contribution in [2.75, 3.05) is 24.9 Å². The van der Waals surface area contributed by atoms with Crippen molar-refractivity contribution in [1.82, 2.24) is 0 Å². The van der Waals surface area contributed by atoms with Crippen LogP contribution < -0.4 is 0 Å². The van der Waals surface area contributed by atoms with Crippen LogP contribution in [0.15, 0.2) is 0 Å². The van der Waals surface area contributed by atoms with Gasteiger partial charge in [0.25, 0.3) is 0 Å². The Morgan fingerprint density at radius 1 is 1.50 bits per heavy atom. The van der Waals surface area contributed by atoms with Crippen molar-refractivity contribution in [3.63, 3.8) is 0 Å². The Morgan fingerprint density at radius 2 is 2.07 bits per heavy atom. The minimum absolute atomic E-state index is 0.0623. The lowest BCUT2D eigenvalue weighted by atomic mass is 10.3. The van der Waals surface area contributed by atoms with Gasteiger partial charge in [-0.3, -0.25) is 4.79 Å². The summed E-state index contributed by atoms with van der Waals surface area (Å²) >= 11 is 1.48. The molecule has 0 aliphatic heterocycles. The number of ether oxygens (including phenoxy) is 1. The molecule has 0 aliphatic carbocycles. The topological polar surface area (TPSA) is 60.4 Å².